The van der Waals surface area contributed by atoms with Gasteiger partial charge in [-0.25, -0.2) is 9.13 Å². The molecule has 8 aliphatic carbocycles. The Bertz CT molecular complexity index is 672. The minimum atomic E-state index is -6.00. The van der Waals surface area contributed by atoms with E-state index in [4.69, 9.17) is 0 Å². The molecule has 30 heavy (non-hydrogen) atoms. The number of hydrogen-bond acceptors (Lipinski definition) is 0. The van der Waals surface area contributed by atoms with Gasteiger partial charge in [0.2, 0.25) is 6.33 Å². The van der Waals surface area contributed by atoms with Crippen LogP contribution in [-0.4, -0.2) is 11.8 Å². The van der Waals surface area contributed by atoms with Crippen LogP contribution >= 0.6 is 0 Å². The fourth-order valence-corrected chi connectivity index (χ4v) is 9.50. The Kier molecular flexibility index (Phi) is 4.59. The third kappa shape index (κ3) is 3.52. The summed E-state index contributed by atoms with van der Waals surface area (Å²) >= 11 is 0. The van der Waals surface area contributed by atoms with E-state index in [9.17, 15) is 17.3 Å². The van der Waals surface area contributed by atoms with Crippen LogP contribution < -0.4 is 4.57 Å². The normalized spacial score (nSPS) is 48.0. The van der Waals surface area contributed by atoms with Gasteiger partial charge in [0.05, 0.1) is 0 Å². The number of aromatic nitrogens is 2. The summed E-state index contributed by atoms with van der Waals surface area (Å²) in [7, 11) is -6.00. The fraction of sp³-hybridized carbons (Fsp3) is 0.870. The number of nitrogens with zero attached hydrogens (tertiary/aromatic N) is 2. The SMILES string of the molecule is F[B-](F)(F)F.c1c[n+](C2C3CC4CC(C3)CC2C4)cn1C1C2CC3CC(C2)CC1C3. The van der Waals surface area contributed by atoms with E-state index >= 15 is 0 Å². The van der Waals surface area contributed by atoms with Gasteiger partial charge in [0.25, 0.3) is 0 Å². The highest BCUT2D eigenvalue weighted by Crippen LogP contribution is 2.59. The van der Waals surface area contributed by atoms with E-state index in [0.717, 1.165) is 59.4 Å². The van der Waals surface area contributed by atoms with E-state index in [1.165, 1.54) is 51.4 Å². The highest BCUT2D eigenvalue weighted by Gasteiger charge is 2.53. The third-order valence-corrected chi connectivity index (χ3v) is 9.72. The van der Waals surface area contributed by atoms with Crippen molar-refractivity contribution in [2.24, 2.45) is 47.3 Å². The number of rotatable bonds is 2. The molecule has 9 rings (SSSR count). The van der Waals surface area contributed by atoms with Crippen molar-refractivity contribution in [1.82, 2.24) is 4.57 Å². The van der Waals surface area contributed by atoms with Crippen molar-refractivity contribution in [2.75, 3.05) is 0 Å². The molecule has 0 aliphatic heterocycles. The van der Waals surface area contributed by atoms with E-state index in [2.05, 4.69) is 27.9 Å². The zero-order valence-corrected chi connectivity index (χ0v) is 17.6. The molecule has 1 aromatic rings. The minimum absolute atomic E-state index is 0.839. The Morgan fingerprint density at radius 1 is 0.633 bits per heavy atom. The van der Waals surface area contributed by atoms with Crippen LogP contribution in [0.4, 0.5) is 17.3 Å². The van der Waals surface area contributed by atoms with Gasteiger partial charge in [-0.05, 0) is 87.9 Å². The topological polar surface area (TPSA) is 8.81 Å². The molecule has 0 saturated heterocycles. The molecule has 0 radical (unpaired) electrons. The van der Waals surface area contributed by atoms with Gasteiger partial charge in [0.15, 0.2) is 0 Å². The molecule has 0 amide bonds. The monoisotopic (exact) mass is 424 g/mol. The smallest absolute Gasteiger partial charge is 0.418 e. The first-order valence-corrected chi connectivity index (χ1v) is 12.3. The van der Waals surface area contributed by atoms with E-state index in [0.29, 0.717) is 0 Å². The highest BCUT2D eigenvalue weighted by atomic mass is 19.5. The van der Waals surface area contributed by atoms with E-state index in [-0.39, 0.29) is 0 Å². The summed E-state index contributed by atoms with van der Waals surface area (Å²) in [5.41, 5.74) is 0. The third-order valence-electron chi connectivity index (χ3n) is 9.72. The summed E-state index contributed by atoms with van der Waals surface area (Å²) in [6, 6.07) is 1.68. The Morgan fingerprint density at radius 2 is 1.03 bits per heavy atom. The van der Waals surface area contributed by atoms with Crippen LogP contribution in [0.3, 0.4) is 0 Å². The lowest BCUT2D eigenvalue weighted by Crippen LogP contribution is -2.55. The first kappa shape index (κ1) is 19.7. The summed E-state index contributed by atoms with van der Waals surface area (Å²) < 4.78 is 44.4. The molecule has 0 N–H and O–H groups in total. The highest BCUT2D eigenvalue weighted by molar-refractivity contribution is 6.50. The van der Waals surface area contributed by atoms with Crippen molar-refractivity contribution in [3.05, 3.63) is 18.7 Å². The molecular weight excluding hydrogens is 391 g/mol. The summed E-state index contributed by atoms with van der Waals surface area (Å²) in [5, 5.41) is 0. The van der Waals surface area contributed by atoms with Crippen LogP contribution in [0.2, 0.25) is 0 Å². The van der Waals surface area contributed by atoms with Crippen molar-refractivity contribution in [1.29, 1.82) is 0 Å². The molecule has 8 fully saturated rings. The largest absolute Gasteiger partial charge is 0.673 e. The van der Waals surface area contributed by atoms with Crippen molar-refractivity contribution >= 4 is 7.25 Å². The maximum Gasteiger partial charge on any atom is 0.673 e. The molecule has 0 atom stereocenters. The number of imidazole rings is 1. The Labute approximate surface area is 176 Å². The van der Waals surface area contributed by atoms with Crippen molar-refractivity contribution in [3.8, 4) is 0 Å². The van der Waals surface area contributed by atoms with Gasteiger partial charge in [0.1, 0.15) is 24.5 Å². The van der Waals surface area contributed by atoms with Crippen LogP contribution in [-0.2, 0) is 0 Å². The molecule has 0 spiro atoms. The molecule has 2 nitrogen and oxygen atoms in total. The molecule has 8 bridgehead atoms. The lowest BCUT2D eigenvalue weighted by atomic mass is 9.54. The summed E-state index contributed by atoms with van der Waals surface area (Å²) in [6.07, 6.45) is 22.9. The molecular formula is C23H33BF4N2. The van der Waals surface area contributed by atoms with Gasteiger partial charge in [-0.2, -0.15) is 0 Å². The Hall–Kier alpha value is -1.01. The lowest BCUT2D eigenvalue weighted by molar-refractivity contribution is -0.743. The molecule has 1 heterocycles. The maximum atomic E-state index is 9.75. The van der Waals surface area contributed by atoms with Gasteiger partial charge >= 0.3 is 7.25 Å². The average molecular weight is 424 g/mol. The van der Waals surface area contributed by atoms with Crippen LogP contribution in [0.25, 0.3) is 0 Å². The van der Waals surface area contributed by atoms with Crippen molar-refractivity contribution in [3.63, 3.8) is 0 Å². The second-order valence-corrected chi connectivity index (χ2v) is 11.6. The first-order chi connectivity index (χ1) is 14.3. The molecule has 7 heteroatoms. The number of hydrogen-bond donors (Lipinski definition) is 0. The van der Waals surface area contributed by atoms with Gasteiger partial charge in [-0.1, -0.05) is 0 Å². The van der Waals surface area contributed by atoms with E-state index < -0.39 is 7.25 Å². The van der Waals surface area contributed by atoms with E-state index in [1.807, 2.05) is 0 Å². The second-order valence-electron chi connectivity index (χ2n) is 11.6. The molecule has 8 saturated carbocycles. The fourth-order valence-electron chi connectivity index (χ4n) is 9.50. The standard InChI is InChI=1S/C23H33N2.BF4/c1-2-25(23-20-9-16-4-17(11-20)12-21(23)10-16)13-24(1)22-18-5-14-3-15(7-18)8-19(22)6-14;2-1(3,4)5/h1-2,13-23H,3-12H2;/q+1;-1. The molecule has 8 aliphatic rings. The minimum Gasteiger partial charge on any atom is -0.418 e. The quantitative estimate of drug-likeness (QED) is 0.310. The molecule has 0 aromatic carbocycles. The van der Waals surface area contributed by atoms with Crippen molar-refractivity contribution < 1.29 is 21.8 Å². The average Bonchev–Trinajstić information content (AvgIpc) is 3.08. The molecule has 0 unspecified atom stereocenters. The summed E-state index contributed by atoms with van der Waals surface area (Å²) in [4.78, 5) is 0. The zero-order chi connectivity index (χ0) is 20.6. The second kappa shape index (κ2) is 7.00. The van der Waals surface area contributed by atoms with Gasteiger partial charge in [-0.3, -0.25) is 0 Å². The Morgan fingerprint density at radius 3 is 1.47 bits per heavy atom. The first-order valence-electron chi connectivity index (χ1n) is 12.3. The lowest BCUT2D eigenvalue weighted by Gasteiger charge is -2.53. The van der Waals surface area contributed by atoms with Gasteiger partial charge in [-0.15, -0.1) is 0 Å². The van der Waals surface area contributed by atoms with Crippen LogP contribution in [0.15, 0.2) is 18.7 Å². The predicted molar refractivity (Wildman–Crippen MR) is 107 cm³/mol. The summed E-state index contributed by atoms with van der Waals surface area (Å²) in [6.45, 7) is 0. The summed E-state index contributed by atoms with van der Waals surface area (Å²) in [5.74, 6) is 8.34. The molecule has 1 aromatic heterocycles. The van der Waals surface area contributed by atoms with Crippen molar-refractivity contribution in [2.45, 2.75) is 76.3 Å². The van der Waals surface area contributed by atoms with Gasteiger partial charge in [0, 0.05) is 23.7 Å². The predicted octanol–water partition coefficient (Wildman–Crippen LogP) is 6.07. The zero-order valence-electron chi connectivity index (χ0n) is 17.6. The van der Waals surface area contributed by atoms with Crippen LogP contribution in [0.1, 0.15) is 76.3 Å². The maximum absolute atomic E-state index is 9.75. The van der Waals surface area contributed by atoms with Crippen LogP contribution in [0, 0.1) is 47.3 Å². The van der Waals surface area contributed by atoms with Gasteiger partial charge < -0.3 is 17.3 Å². The van der Waals surface area contributed by atoms with Crippen LogP contribution in [0.5, 0.6) is 0 Å². The Balaban J connectivity index is 0.000000318. The number of halogens is 4. The van der Waals surface area contributed by atoms with E-state index in [1.54, 1.807) is 12.8 Å². The molecule has 166 valence electrons.